The summed E-state index contributed by atoms with van der Waals surface area (Å²) in [6.45, 7) is 3.51. The summed E-state index contributed by atoms with van der Waals surface area (Å²) in [7, 11) is -1.20. The summed E-state index contributed by atoms with van der Waals surface area (Å²) in [6.07, 6.45) is 3.54. The van der Waals surface area contributed by atoms with E-state index in [1.165, 1.54) is 11.3 Å². The van der Waals surface area contributed by atoms with Crippen molar-refractivity contribution in [2.45, 2.75) is 24.0 Å². The molecule has 1 unspecified atom stereocenters. The van der Waals surface area contributed by atoms with Crippen molar-refractivity contribution in [3.8, 4) is 22.4 Å². The van der Waals surface area contributed by atoms with Crippen LogP contribution < -0.4 is 10.6 Å². The second kappa shape index (κ2) is 11.2. The molecule has 2 aromatic carbocycles. The standard InChI is InChI=1S/C26H24N4O3S2/c1-17(2)35(33)22-10-4-8-20(13-22)25(32)28-15-24(31)30-26-29-23(16-34-26)19-7-3-6-18(12-19)21-9-5-11-27-14-21/h3-14,16-17H,15H2,1-2H3,(H,28,32)(H,29,30,31). The van der Waals surface area contributed by atoms with Gasteiger partial charge >= 0.3 is 0 Å². The van der Waals surface area contributed by atoms with Crippen LogP contribution in [0.3, 0.4) is 0 Å². The van der Waals surface area contributed by atoms with Gasteiger partial charge in [0, 0.05) is 44.6 Å². The number of hydrogen-bond donors (Lipinski definition) is 2. The largest absolute Gasteiger partial charge is 0.343 e. The van der Waals surface area contributed by atoms with E-state index in [4.69, 9.17) is 0 Å². The highest BCUT2D eigenvalue weighted by Gasteiger charge is 2.14. The molecule has 0 aliphatic heterocycles. The van der Waals surface area contributed by atoms with Crippen LogP contribution in [0.4, 0.5) is 5.13 Å². The highest BCUT2D eigenvalue weighted by Crippen LogP contribution is 2.28. The average Bonchev–Trinajstić information content (AvgIpc) is 3.36. The highest BCUT2D eigenvalue weighted by molar-refractivity contribution is 7.85. The molecule has 4 aromatic rings. The Bertz CT molecular complexity index is 1370. The van der Waals surface area contributed by atoms with Gasteiger partial charge in [0.05, 0.1) is 23.0 Å². The molecule has 0 aliphatic carbocycles. The third-order valence-electron chi connectivity index (χ3n) is 5.07. The Morgan fingerprint density at radius 3 is 2.54 bits per heavy atom. The molecule has 7 nitrogen and oxygen atoms in total. The molecule has 0 aliphatic rings. The van der Waals surface area contributed by atoms with Gasteiger partial charge in [0.1, 0.15) is 0 Å². The topological polar surface area (TPSA) is 101 Å². The van der Waals surface area contributed by atoms with Gasteiger partial charge in [0.2, 0.25) is 5.91 Å². The van der Waals surface area contributed by atoms with E-state index in [1.807, 2.05) is 55.6 Å². The first-order valence-electron chi connectivity index (χ1n) is 11.0. The van der Waals surface area contributed by atoms with Crippen LogP contribution in [0.25, 0.3) is 22.4 Å². The zero-order valence-corrected chi connectivity index (χ0v) is 20.9. The van der Waals surface area contributed by atoms with E-state index < -0.39 is 16.7 Å². The van der Waals surface area contributed by atoms with Crippen molar-refractivity contribution in [3.05, 3.63) is 84.0 Å². The van der Waals surface area contributed by atoms with Crippen LogP contribution in [0.1, 0.15) is 24.2 Å². The minimum Gasteiger partial charge on any atom is -0.343 e. The first kappa shape index (κ1) is 24.4. The molecule has 1 atom stereocenters. The predicted molar refractivity (Wildman–Crippen MR) is 140 cm³/mol. The Balaban J connectivity index is 1.36. The molecule has 0 radical (unpaired) electrons. The lowest BCUT2D eigenvalue weighted by atomic mass is 10.0. The summed E-state index contributed by atoms with van der Waals surface area (Å²) >= 11 is 1.31. The van der Waals surface area contributed by atoms with Gasteiger partial charge in [-0.05, 0) is 35.9 Å². The number of nitrogens with zero attached hydrogens (tertiary/aromatic N) is 2. The summed E-state index contributed by atoms with van der Waals surface area (Å²) in [4.78, 5) is 34.1. The predicted octanol–water partition coefficient (Wildman–Crippen LogP) is 4.76. The highest BCUT2D eigenvalue weighted by atomic mass is 32.2. The van der Waals surface area contributed by atoms with Crippen LogP contribution in [0.2, 0.25) is 0 Å². The number of carbonyl (C=O) groups excluding carboxylic acids is 2. The maximum absolute atomic E-state index is 12.5. The van der Waals surface area contributed by atoms with Crippen molar-refractivity contribution in [1.29, 1.82) is 0 Å². The summed E-state index contributed by atoms with van der Waals surface area (Å²) in [5.74, 6) is -0.792. The van der Waals surface area contributed by atoms with E-state index in [0.29, 0.717) is 15.6 Å². The normalized spacial score (nSPS) is 11.7. The molecular weight excluding hydrogens is 480 g/mol. The molecule has 0 fully saturated rings. The first-order chi connectivity index (χ1) is 16.9. The number of carbonyl (C=O) groups is 2. The van der Waals surface area contributed by atoms with E-state index in [9.17, 15) is 13.8 Å². The molecular formula is C26H24N4O3S2. The molecule has 0 bridgehead atoms. The molecule has 9 heteroatoms. The first-order valence-corrected chi connectivity index (χ1v) is 13.0. The molecule has 35 heavy (non-hydrogen) atoms. The van der Waals surface area contributed by atoms with E-state index >= 15 is 0 Å². The van der Waals surface area contributed by atoms with Crippen LogP contribution in [-0.4, -0.2) is 37.8 Å². The number of hydrogen-bond acceptors (Lipinski definition) is 6. The number of benzene rings is 2. The van der Waals surface area contributed by atoms with Crippen molar-refractivity contribution in [1.82, 2.24) is 15.3 Å². The summed E-state index contributed by atoms with van der Waals surface area (Å²) in [5.41, 5.74) is 4.06. The Kier molecular flexibility index (Phi) is 7.79. The fourth-order valence-corrected chi connectivity index (χ4v) is 5.05. The second-order valence-corrected chi connectivity index (χ2v) is 10.8. The van der Waals surface area contributed by atoms with Gasteiger partial charge in [-0.3, -0.25) is 18.8 Å². The summed E-state index contributed by atoms with van der Waals surface area (Å²) < 4.78 is 12.3. The lowest BCUT2D eigenvalue weighted by Gasteiger charge is -2.08. The molecule has 2 amide bonds. The molecule has 0 saturated heterocycles. The van der Waals surface area contributed by atoms with E-state index in [2.05, 4.69) is 20.6 Å². The lowest BCUT2D eigenvalue weighted by molar-refractivity contribution is -0.115. The molecule has 2 heterocycles. The lowest BCUT2D eigenvalue weighted by Crippen LogP contribution is -2.32. The van der Waals surface area contributed by atoms with Crippen molar-refractivity contribution in [2.75, 3.05) is 11.9 Å². The fourth-order valence-electron chi connectivity index (χ4n) is 3.32. The SMILES string of the molecule is CC(C)S(=O)c1cccc(C(=O)NCC(=O)Nc2nc(-c3cccc(-c4cccnc4)c3)cs2)c1. The van der Waals surface area contributed by atoms with Crippen LogP contribution in [0.5, 0.6) is 0 Å². The number of aromatic nitrogens is 2. The molecule has 178 valence electrons. The van der Waals surface area contributed by atoms with Crippen molar-refractivity contribution in [2.24, 2.45) is 0 Å². The van der Waals surface area contributed by atoms with Crippen molar-refractivity contribution in [3.63, 3.8) is 0 Å². The average molecular weight is 505 g/mol. The van der Waals surface area contributed by atoms with Gasteiger partial charge in [-0.2, -0.15) is 0 Å². The van der Waals surface area contributed by atoms with Gasteiger partial charge < -0.3 is 10.6 Å². The maximum Gasteiger partial charge on any atom is 0.251 e. The second-order valence-electron chi connectivity index (χ2n) is 7.97. The Hall–Kier alpha value is -3.69. The fraction of sp³-hybridized carbons (Fsp3) is 0.154. The smallest absolute Gasteiger partial charge is 0.251 e. The zero-order valence-electron chi connectivity index (χ0n) is 19.2. The van der Waals surface area contributed by atoms with Gasteiger partial charge in [-0.1, -0.05) is 44.2 Å². The number of nitrogens with one attached hydrogen (secondary N) is 2. The minimum atomic E-state index is -1.20. The van der Waals surface area contributed by atoms with Crippen molar-refractivity contribution >= 4 is 39.1 Å². The van der Waals surface area contributed by atoms with E-state index in [1.54, 1.807) is 36.7 Å². The third kappa shape index (κ3) is 6.26. The third-order valence-corrected chi connectivity index (χ3v) is 7.40. The number of pyridine rings is 1. The maximum atomic E-state index is 12.5. The quantitative estimate of drug-likeness (QED) is 0.360. The van der Waals surface area contributed by atoms with E-state index in [0.717, 1.165) is 22.4 Å². The van der Waals surface area contributed by atoms with Crippen LogP contribution in [-0.2, 0) is 15.6 Å². The molecule has 2 N–H and O–H groups in total. The monoisotopic (exact) mass is 504 g/mol. The van der Waals surface area contributed by atoms with Crippen LogP contribution in [0.15, 0.2) is 83.3 Å². The van der Waals surface area contributed by atoms with Crippen molar-refractivity contribution < 1.29 is 13.8 Å². The number of amides is 2. The van der Waals surface area contributed by atoms with Gasteiger partial charge in [0.25, 0.3) is 5.91 Å². The summed E-state index contributed by atoms with van der Waals surface area (Å²) in [5, 5.41) is 7.59. The number of anilines is 1. The number of rotatable bonds is 8. The molecule has 0 spiro atoms. The number of thiazole rings is 1. The van der Waals surface area contributed by atoms with E-state index in [-0.39, 0.29) is 17.7 Å². The molecule has 0 saturated carbocycles. The summed E-state index contributed by atoms with van der Waals surface area (Å²) in [6, 6.07) is 18.5. The Morgan fingerprint density at radius 1 is 1.00 bits per heavy atom. The molecule has 2 aromatic heterocycles. The van der Waals surface area contributed by atoms with Gasteiger partial charge in [0.15, 0.2) is 5.13 Å². The zero-order chi connectivity index (χ0) is 24.8. The van der Waals surface area contributed by atoms with Crippen LogP contribution in [0, 0.1) is 0 Å². The van der Waals surface area contributed by atoms with Gasteiger partial charge in [-0.25, -0.2) is 4.98 Å². The van der Waals surface area contributed by atoms with Gasteiger partial charge in [-0.15, -0.1) is 11.3 Å². The van der Waals surface area contributed by atoms with Crippen LogP contribution >= 0.6 is 11.3 Å². The Labute approximate surface area is 210 Å². The minimum absolute atomic E-state index is 0.0555. The molecule has 4 rings (SSSR count). The Morgan fingerprint density at radius 2 is 1.77 bits per heavy atom.